The molecular weight excluding hydrogens is 380 g/mol. The maximum atomic E-state index is 4.43. The Labute approximate surface area is 137 Å². The second-order valence-electron chi connectivity index (χ2n) is 5.37. The number of alkyl halides is 2. The zero-order valence-corrected chi connectivity index (χ0v) is 15.1. The van der Waals surface area contributed by atoms with E-state index < -0.39 is 0 Å². The summed E-state index contributed by atoms with van der Waals surface area (Å²) in [4.78, 5) is 4.43. The molecule has 0 fully saturated rings. The van der Waals surface area contributed by atoms with Gasteiger partial charge in [-0.05, 0) is 18.9 Å². The van der Waals surface area contributed by atoms with Crippen LogP contribution in [0.3, 0.4) is 0 Å². The number of rotatable bonds is 6. The zero-order chi connectivity index (χ0) is 14.6. The van der Waals surface area contributed by atoms with Gasteiger partial charge >= 0.3 is 0 Å². The van der Waals surface area contributed by atoms with Crippen LogP contribution in [0.15, 0.2) is 36.7 Å². The van der Waals surface area contributed by atoms with Crippen LogP contribution in [-0.4, -0.2) is 20.2 Å². The molecule has 2 aromatic rings. The first-order valence-electron chi connectivity index (χ1n) is 6.76. The molecule has 0 aliphatic heterocycles. The first-order valence-corrected chi connectivity index (χ1v) is 9.01. The fraction of sp³-hybridized carbons (Fsp3) is 0.438. The molecule has 108 valence electrons. The smallest absolute Gasteiger partial charge is 0.108 e. The summed E-state index contributed by atoms with van der Waals surface area (Å²) in [6, 6.07) is 8.82. The average molecular weight is 400 g/mol. The van der Waals surface area contributed by atoms with E-state index in [4.69, 9.17) is 0 Å². The van der Waals surface area contributed by atoms with E-state index in [-0.39, 0.29) is 5.41 Å². The van der Waals surface area contributed by atoms with Gasteiger partial charge in [-0.2, -0.15) is 0 Å². The van der Waals surface area contributed by atoms with Gasteiger partial charge in [-0.15, -0.1) is 0 Å². The SMILES string of the molecule is Cc1cccc(C(CBr)(CBr)CCc2nccn2C)c1. The molecule has 0 aliphatic rings. The van der Waals surface area contributed by atoms with Crippen molar-refractivity contribution in [1.29, 1.82) is 0 Å². The van der Waals surface area contributed by atoms with Crippen molar-refractivity contribution in [3.63, 3.8) is 0 Å². The Morgan fingerprint density at radius 1 is 1.25 bits per heavy atom. The summed E-state index contributed by atoms with van der Waals surface area (Å²) in [7, 11) is 2.05. The predicted octanol–water partition coefficient (Wildman–Crippen LogP) is 4.39. The predicted molar refractivity (Wildman–Crippen MR) is 92.0 cm³/mol. The van der Waals surface area contributed by atoms with Crippen molar-refractivity contribution >= 4 is 31.9 Å². The Kier molecular flexibility index (Phi) is 5.44. The lowest BCUT2D eigenvalue weighted by Crippen LogP contribution is -2.31. The summed E-state index contributed by atoms with van der Waals surface area (Å²) in [5, 5.41) is 1.89. The minimum Gasteiger partial charge on any atom is -0.338 e. The van der Waals surface area contributed by atoms with Gasteiger partial charge in [0.2, 0.25) is 0 Å². The molecule has 0 bridgehead atoms. The van der Waals surface area contributed by atoms with Crippen LogP contribution in [0.25, 0.3) is 0 Å². The van der Waals surface area contributed by atoms with Crippen LogP contribution in [0.5, 0.6) is 0 Å². The number of aromatic nitrogens is 2. The van der Waals surface area contributed by atoms with Gasteiger partial charge in [0.1, 0.15) is 5.82 Å². The molecular formula is C16H20Br2N2. The summed E-state index contributed by atoms with van der Waals surface area (Å²) in [6.07, 6.45) is 5.92. The highest BCUT2D eigenvalue weighted by atomic mass is 79.9. The van der Waals surface area contributed by atoms with E-state index in [1.807, 2.05) is 12.4 Å². The summed E-state index contributed by atoms with van der Waals surface area (Å²) in [5.41, 5.74) is 2.81. The number of benzene rings is 1. The number of hydrogen-bond acceptors (Lipinski definition) is 1. The fourth-order valence-electron chi connectivity index (χ4n) is 2.43. The lowest BCUT2D eigenvalue weighted by Gasteiger charge is -2.31. The van der Waals surface area contributed by atoms with E-state index in [2.05, 4.69) is 79.6 Å². The molecule has 0 radical (unpaired) electrons. The van der Waals surface area contributed by atoms with Crippen molar-refractivity contribution in [2.45, 2.75) is 25.2 Å². The number of nitrogens with zero attached hydrogens (tertiary/aromatic N) is 2. The van der Waals surface area contributed by atoms with E-state index in [9.17, 15) is 0 Å². The van der Waals surface area contributed by atoms with Crippen molar-refractivity contribution in [2.75, 3.05) is 10.7 Å². The highest BCUT2D eigenvalue weighted by Gasteiger charge is 2.30. The Morgan fingerprint density at radius 3 is 2.55 bits per heavy atom. The van der Waals surface area contributed by atoms with Gasteiger partial charge in [0, 0.05) is 41.9 Å². The van der Waals surface area contributed by atoms with Crippen molar-refractivity contribution in [3.05, 3.63) is 53.6 Å². The maximum Gasteiger partial charge on any atom is 0.108 e. The molecule has 2 nitrogen and oxygen atoms in total. The quantitative estimate of drug-likeness (QED) is 0.658. The minimum absolute atomic E-state index is 0.109. The number of imidazole rings is 1. The van der Waals surface area contributed by atoms with Crippen molar-refractivity contribution in [3.8, 4) is 0 Å². The molecule has 4 heteroatoms. The third-order valence-electron chi connectivity index (χ3n) is 3.89. The Bertz CT molecular complexity index is 559. The highest BCUT2D eigenvalue weighted by Crippen LogP contribution is 2.34. The molecule has 0 spiro atoms. The van der Waals surface area contributed by atoms with Gasteiger partial charge in [-0.25, -0.2) is 4.98 Å². The fourth-order valence-corrected chi connectivity index (χ4v) is 4.57. The van der Waals surface area contributed by atoms with Crippen molar-refractivity contribution in [1.82, 2.24) is 9.55 Å². The van der Waals surface area contributed by atoms with Gasteiger partial charge in [0.25, 0.3) is 0 Å². The standard InChI is InChI=1S/C16H20Br2N2/c1-13-4-3-5-14(10-13)16(11-17,12-18)7-6-15-19-8-9-20(15)2/h3-5,8-10H,6-7,11-12H2,1-2H3. The molecule has 0 aliphatic carbocycles. The third-order valence-corrected chi connectivity index (χ3v) is 6.04. The largest absolute Gasteiger partial charge is 0.338 e. The van der Waals surface area contributed by atoms with E-state index in [0.717, 1.165) is 29.3 Å². The van der Waals surface area contributed by atoms with E-state index >= 15 is 0 Å². The van der Waals surface area contributed by atoms with Crippen molar-refractivity contribution in [2.24, 2.45) is 7.05 Å². The van der Waals surface area contributed by atoms with Gasteiger partial charge < -0.3 is 4.57 Å². The van der Waals surface area contributed by atoms with Crippen LogP contribution in [0.4, 0.5) is 0 Å². The van der Waals surface area contributed by atoms with Gasteiger partial charge in [-0.3, -0.25) is 0 Å². The zero-order valence-electron chi connectivity index (χ0n) is 11.9. The van der Waals surface area contributed by atoms with Gasteiger partial charge in [-0.1, -0.05) is 61.7 Å². The van der Waals surface area contributed by atoms with E-state index in [1.54, 1.807) is 0 Å². The summed E-state index contributed by atoms with van der Waals surface area (Å²) >= 11 is 7.44. The van der Waals surface area contributed by atoms with Crippen LogP contribution >= 0.6 is 31.9 Å². The van der Waals surface area contributed by atoms with Crippen molar-refractivity contribution < 1.29 is 0 Å². The molecule has 1 heterocycles. The van der Waals surface area contributed by atoms with E-state index in [1.165, 1.54) is 11.1 Å². The summed E-state index contributed by atoms with van der Waals surface area (Å²) in [5.74, 6) is 1.14. The number of halogens is 2. The van der Waals surface area contributed by atoms with Gasteiger partial charge in [0.15, 0.2) is 0 Å². The Balaban J connectivity index is 2.23. The number of aryl methyl sites for hydroxylation is 3. The van der Waals surface area contributed by atoms with Crippen LogP contribution in [-0.2, 0) is 18.9 Å². The summed E-state index contributed by atoms with van der Waals surface area (Å²) in [6.45, 7) is 2.15. The van der Waals surface area contributed by atoms with Crippen LogP contribution in [0.2, 0.25) is 0 Å². The topological polar surface area (TPSA) is 17.8 Å². The molecule has 0 unspecified atom stereocenters. The van der Waals surface area contributed by atoms with Crippen LogP contribution < -0.4 is 0 Å². The average Bonchev–Trinajstić information content (AvgIpc) is 2.86. The maximum absolute atomic E-state index is 4.43. The monoisotopic (exact) mass is 398 g/mol. The molecule has 0 saturated heterocycles. The molecule has 1 aromatic heterocycles. The number of hydrogen-bond donors (Lipinski definition) is 0. The molecule has 2 rings (SSSR count). The normalized spacial score (nSPS) is 11.8. The van der Waals surface area contributed by atoms with Crippen LogP contribution in [0, 0.1) is 6.92 Å². The lowest BCUT2D eigenvalue weighted by atomic mass is 9.80. The summed E-state index contributed by atoms with van der Waals surface area (Å²) < 4.78 is 2.10. The molecule has 0 amide bonds. The molecule has 1 aromatic carbocycles. The third kappa shape index (κ3) is 3.34. The van der Waals surface area contributed by atoms with Gasteiger partial charge in [0.05, 0.1) is 0 Å². The minimum atomic E-state index is 0.109. The second kappa shape index (κ2) is 6.90. The Morgan fingerprint density at radius 2 is 2.00 bits per heavy atom. The lowest BCUT2D eigenvalue weighted by molar-refractivity contribution is 0.493. The van der Waals surface area contributed by atoms with Crippen LogP contribution in [0.1, 0.15) is 23.4 Å². The first-order chi connectivity index (χ1) is 9.61. The first kappa shape index (κ1) is 15.8. The Hall–Kier alpha value is -0.610. The molecule has 0 N–H and O–H groups in total. The molecule has 0 atom stereocenters. The highest BCUT2D eigenvalue weighted by molar-refractivity contribution is 9.09. The molecule has 0 saturated carbocycles. The molecule has 20 heavy (non-hydrogen) atoms. The second-order valence-corrected chi connectivity index (χ2v) is 6.49. The van der Waals surface area contributed by atoms with E-state index in [0.29, 0.717) is 0 Å².